The van der Waals surface area contributed by atoms with Gasteiger partial charge >= 0.3 is 6.03 Å². The minimum atomic E-state index is -0.886. The summed E-state index contributed by atoms with van der Waals surface area (Å²) in [7, 11) is 0. The third kappa shape index (κ3) is 3.30. The number of nitrogens with one attached hydrogen (secondary N) is 1. The van der Waals surface area contributed by atoms with Gasteiger partial charge in [-0.25, -0.2) is 9.78 Å². The number of hydrogen-bond acceptors (Lipinski definition) is 3. The number of carbonyl (C=O) groups is 2. The van der Waals surface area contributed by atoms with Gasteiger partial charge in [-0.05, 0) is 43.9 Å². The van der Waals surface area contributed by atoms with E-state index in [2.05, 4.69) is 10.3 Å². The molecule has 0 radical (unpaired) electrons. The van der Waals surface area contributed by atoms with E-state index in [4.69, 9.17) is 0 Å². The first-order valence-corrected chi connectivity index (χ1v) is 9.07. The van der Waals surface area contributed by atoms with Crippen LogP contribution < -0.4 is 5.32 Å². The molecule has 2 aromatic heterocycles. The standard InChI is InChI=1S/C21H22N4O2/c1-15-8-9-18-22-17(13-24(18)12-15)14-25-19(26)21(2,23-20(25)27)11-10-16-6-4-3-5-7-16/h3-9,12-13H,10-11,14H2,1-2H3,(H,23,27). The van der Waals surface area contributed by atoms with Crippen molar-refractivity contribution < 1.29 is 9.59 Å². The van der Waals surface area contributed by atoms with Crippen LogP contribution in [0.15, 0.2) is 54.9 Å². The maximum Gasteiger partial charge on any atom is 0.325 e. The smallest absolute Gasteiger partial charge is 0.323 e. The summed E-state index contributed by atoms with van der Waals surface area (Å²) in [5.41, 5.74) is 2.87. The zero-order valence-electron chi connectivity index (χ0n) is 15.5. The highest BCUT2D eigenvalue weighted by Crippen LogP contribution is 2.25. The van der Waals surface area contributed by atoms with Crippen molar-refractivity contribution in [3.05, 3.63) is 71.7 Å². The third-order valence-electron chi connectivity index (χ3n) is 5.07. The molecule has 0 saturated carbocycles. The van der Waals surface area contributed by atoms with Crippen molar-refractivity contribution >= 4 is 17.6 Å². The molecule has 0 spiro atoms. The monoisotopic (exact) mass is 362 g/mol. The van der Waals surface area contributed by atoms with Crippen molar-refractivity contribution in [2.24, 2.45) is 0 Å². The molecule has 1 fully saturated rings. The Morgan fingerprint density at radius 1 is 1.07 bits per heavy atom. The van der Waals surface area contributed by atoms with Crippen LogP contribution in [-0.4, -0.2) is 31.8 Å². The number of urea groups is 1. The normalized spacial score (nSPS) is 19.7. The van der Waals surface area contributed by atoms with E-state index >= 15 is 0 Å². The highest BCUT2D eigenvalue weighted by Gasteiger charge is 2.47. The largest absolute Gasteiger partial charge is 0.325 e. The van der Waals surface area contributed by atoms with Gasteiger partial charge in [0, 0.05) is 12.4 Å². The van der Waals surface area contributed by atoms with Gasteiger partial charge in [-0.3, -0.25) is 9.69 Å². The molecule has 4 rings (SSSR count). The van der Waals surface area contributed by atoms with Gasteiger partial charge < -0.3 is 9.72 Å². The molecule has 1 atom stereocenters. The van der Waals surface area contributed by atoms with E-state index in [-0.39, 0.29) is 18.5 Å². The molecule has 1 aliphatic rings. The van der Waals surface area contributed by atoms with Gasteiger partial charge in [0.15, 0.2) is 0 Å². The van der Waals surface area contributed by atoms with Crippen LogP contribution in [0.4, 0.5) is 4.79 Å². The molecule has 1 N–H and O–H groups in total. The molecular weight excluding hydrogens is 340 g/mol. The van der Waals surface area contributed by atoms with Crippen LogP contribution in [0.1, 0.15) is 30.2 Å². The number of benzene rings is 1. The number of carbonyl (C=O) groups excluding carboxylic acids is 2. The number of aromatic nitrogens is 2. The predicted octanol–water partition coefficient (Wildman–Crippen LogP) is 3.09. The van der Waals surface area contributed by atoms with Gasteiger partial charge in [0.25, 0.3) is 5.91 Å². The lowest BCUT2D eigenvalue weighted by atomic mass is 9.93. The molecule has 1 aromatic carbocycles. The number of nitrogens with zero attached hydrogens (tertiary/aromatic N) is 3. The number of imidazole rings is 1. The van der Waals surface area contributed by atoms with Crippen molar-refractivity contribution in [2.45, 2.75) is 38.8 Å². The van der Waals surface area contributed by atoms with E-state index in [0.717, 1.165) is 23.2 Å². The van der Waals surface area contributed by atoms with Gasteiger partial charge in [-0.2, -0.15) is 0 Å². The van der Waals surface area contributed by atoms with E-state index in [0.29, 0.717) is 12.1 Å². The summed E-state index contributed by atoms with van der Waals surface area (Å²) in [6.45, 7) is 3.98. The fourth-order valence-corrected chi connectivity index (χ4v) is 3.49. The van der Waals surface area contributed by atoms with Crippen LogP contribution in [0.3, 0.4) is 0 Å². The van der Waals surface area contributed by atoms with Gasteiger partial charge in [0.05, 0.1) is 12.2 Å². The summed E-state index contributed by atoms with van der Waals surface area (Å²) in [5, 5.41) is 2.87. The minimum Gasteiger partial charge on any atom is -0.323 e. The Kier molecular flexibility index (Phi) is 4.18. The predicted molar refractivity (Wildman–Crippen MR) is 102 cm³/mol. The van der Waals surface area contributed by atoms with E-state index in [1.807, 2.05) is 66.2 Å². The summed E-state index contributed by atoms with van der Waals surface area (Å²) in [6.07, 6.45) is 5.12. The quantitative estimate of drug-likeness (QED) is 0.709. The van der Waals surface area contributed by atoms with E-state index in [1.54, 1.807) is 6.92 Å². The maximum atomic E-state index is 12.9. The van der Waals surface area contributed by atoms with Crippen LogP contribution >= 0.6 is 0 Å². The summed E-state index contributed by atoms with van der Waals surface area (Å²) in [4.78, 5) is 31.2. The first kappa shape index (κ1) is 17.3. The van der Waals surface area contributed by atoms with E-state index in [9.17, 15) is 9.59 Å². The van der Waals surface area contributed by atoms with Crippen molar-refractivity contribution in [1.29, 1.82) is 0 Å². The fraction of sp³-hybridized carbons (Fsp3) is 0.286. The van der Waals surface area contributed by atoms with Crippen LogP contribution in [0.5, 0.6) is 0 Å². The van der Waals surface area contributed by atoms with Crippen molar-refractivity contribution in [3.8, 4) is 0 Å². The molecule has 3 heterocycles. The molecule has 1 aliphatic heterocycles. The Morgan fingerprint density at radius 2 is 1.85 bits per heavy atom. The highest BCUT2D eigenvalue weighted by molar-refractivity contribution is 6.06. The Hall–Kier alpha value is -3.15. The minimum absolute atomic E-state index is 0.173. The van der Waals surface area contributed by atoms with Crippen LogP contribution in [-0.2, 0) is 17.8 Å². The molecule has 6 nitrogen and oxygen atoms in total. The molecule has 27 heavy (non-hydrogen) atoms. The molecule has 0 bridgehead atoms. The van der Waals surface area contributed by atoms with Crippen LogP contribution in [0.2, 0.25) is 0 Å². The number of amides is 3. The van der Waals surface area contributed by atoms with Crippen LogP contribution in [0.25, 0.3) is 5.65 Å². The SMILES string of the molecule is Cc1ccc2nc(CN3C(=O)NC(C)(CCc4ccccc4)C3=O)cn2c1. The van der Waals surface area contributed by atoms with Gasteiger partial charge in [-0.15, -0.1) is 0 Å². The lowest BCUT2D eigenvalue weighted by molar-refractivity contribution is -0.131. The maximum absolute atomic E-state index is 12.9. The average molecular weight is 362 g/mol. The van der Waals surface area contributed by atoms with Gasteiger partial charge in [0.1, 0.15) is 11.2 Å². The van der Waals surface area contributed by atoms with Crippen molar-refractivity contribution in [2.75, 3.05) is 0 Å². The Balaban J connectivity index is 1.49. The lowest BCUT2D eigenvalue weighted by Gasteiger charge is -2.21. The molecular formula is C21H22N4O2. The number of imide groups is 1. The fourth-order valence-electron chi connectivity index (χ4n) is 3.49. The summed E-state index contributed by atoms with van der Waals surface area (Å²) < 4.78 is 1.91. The van der Waals surface area contributed by atoms with Crippen LogP contribution in [0, 0.1) is 6.92 Å². The first-order chi connectivity index (χ1) is 12.9. The number of fused-ring (bicyclic) bond motifs is 1. The zero-order chi connectivity index (χ0) is 19.0. The average Bonchev–Trinajstić information content (AvgIpc) is 3.14. The first-order valence-electron chi connectivity index (χ1n) is 9.07. The number of pyridine rings is 1. The Bertz CT molecular complexity index is 1010. The van der Waals surface area contributed by atoms with E-state index in [1.165, 1.54) is 4.90 Å². The third-order valence-corrected chi connectivity index (χ3v) is 5.07. The van der Waals surface area contributed by atoms with Crippen molar-refractivity contribution in [1.82, 2.24) is 19.6 Å². The second-order valence-electron chi connectivity index (χ2n) is 7.34. The Labute approximate surface area is 157 Å². The zero-order valence-corrected chi connectivity index (χ0v) is 15.5. The van der Waals surface area contributed by atoms with Gasteiger partial charge in [0.2, 0.25) is 0 Å². The molecule has 1 saturated heterocycles. The number of rotatable bonds is 5. The molecule has 3 aromatic rings. The topological polar surface area (TPSA) is 66.7 Å². The molecule has 138 valence electrons. The second-order valence-corrected chi connectivity index (χ2v) is 7.34. The number of hydrogen-bond donors (Lipinski definition) is 1. The molecule has 0 aliphatic carbocycles. The molecule has 6 heteroatoms. The highest BCUT2D eigenvalue weighted by atomic mass is 16.2. The second kappa shape index (κ2) is 6.54. The number of aryl methyl sites for hydroxylation is 2. The Morgan fingerprint density at radius 3 is 2.63 bits per heavy atom. The summed E-state index contributed by atoms with van der Waals surface area (Å²) in [5.74, 6) is -0.198. The summed E-state index contributed by atoms with van der Waals surface area (Å²) >= 11 is 0. The molecule has 1 unspecified atom stereocenters. The van der Waals surface area contributed by atoms with Gasteiger partial charge in [-0.1, -0.05) is 36.4 Å². The summed E-state index contributed by atoms with van der Waals surface area (Å²) in [6, 6.07) is 13.5. The lowest BCUT2D eigenvalue weighted by Crippen LogP contribution is -2.44. The van der Waals surface area contributed by atoms with Crippen molar-refractivity contribution in [3.63, 3.8) is 0 Å². The molecule has 3 amide bonds. The van der Waals surface area contributed by atoms with E-state index < -0.39 is 5.54 Å².